The van der Waals surface area contributed by atoms with Crippen LogP contribution in [-0.4, -0.2) is 33.5 Å². The molecule has 1 atom stereocenters. The van der Waals surface area contributed by atoms with E-state index in [1.54, 1.807) is 44.2 Å². The third-order valence-corrected chi connectivity index (χ3v) is 4.49. The van der Waals surface area contributed by atoms with Gasteiger partial charge in [-0.1, -0.05) is 42.5 Å². The van der Waals surface area contributed by atoms with Gasteiger partial charge >= 0.3 is 12.0 Å². The fraction of sp³-hybridized carbons (Fsp3) is 0.227. The summed E-state index contributed by atoms with van der Waals surface area (Å²) in [6.45, 7) is 3.36. The third kappa shape index (κ3) is 5.26. The van der Waals surface area contributed by atoms with Crippen LogP contribution in [0.15, 0.2) is 54.6 Å². The number of nitrogens with zero attached hydrogens (tertiary/aromatic N) is 2. The monoisotopic (exact) mass is 426 g/mol. The van der Waals surface area contributed by atoms with Crippen LogP contribution in [0.3, 0.4) is 0 Å². The molecule has 162 valence electrons. The van der Waals surface area contributed by atoms with Crippen LogP contribution in [-0.2, 0) is 11.3 Å². The van der Waals surface area contributed by atoms with Gasteiger partial charge in [0, 0.05) is 0 Å². The molecular formula is C22H23FN4O4. The van der Waals surface area contributed by atoms with Crippen LogP contribution >= 0.6 is 0 Å². The number of aliphatic hydroxyl groups is 1. The maximum absolute atomic E-state index is 13.9. The van der Waals surface area contributed by atoms with Crippen molar-refractivity contribution in [2.24, 2.45) is 0 Å². The Hall–Kier alpha value is -3.72. The Bertz CT molecular complexity index is 1070. The van der Waals surface area contributed by atoms with E-state index in [0.717, 1.165) is 0 Å². The minimum atomic E-state index is -0.939. The van der Waals surface area contributed by atoms with Crippen molar-refractivity contribution in [2.45, 2.75) is 26.5 Å². The molecule has 0 radical (unpaired) electrons. The summed E-state index contributed by atoms with van der Waals surface area (Å²) in [6.07, 6.45) is -0.939. The smallest absolute Gasteiger partial charge is 0.343 e. The molecule has 0 saturated carbocycles. The van der Waals surface area contributed by atoms with Crippen molar-refractivity contribution in [3.63, 3.8) is 0 Å². The number of esters is 1. The zero-order valence-electron chi connectivity index (χ0n) is 17.1. The Kier molecular flexibility index (Phi) is 6.99. The fourth-order valence-electron chi connectivity index (χ4n) is 3.06. The molecule has 0 fully saturated rings. The van der Waals surface area contributed by atoms with E-state index in [1.807, 2.05) is 6.07 Å². The first-order valence-electron chi connectivity index (χ1n) is 9.70. The summed E-state index contributed by atoms with van der Waals surface area (Å²) in [5.41, 5.74) is 1.01. The number of carbonyl (C=O) groups is 2. The maximum atomic E-state index is 13.9. The zero-order valence-corrected chi connectivity index (χ0v) is 17.1. The molecule has 1 aromatic heterocycles. The summed E-state index contributed by atoms with van der Waals surface area (Å²) in [7, 11) is 0. The number of carbonyl (C=O) groups excluding carboxylic acids is 2. The molecule has 3 aromatic rings. The summed E-state index contributed by atoms with van der Waals surface area (Å²) in [4.78, 5) is 25.0. The lowest BCUT2D eigenvalue weighted by molar-refractivity contribution is 0.0526. The highest BCUT2D eigenvalue weighted by Gasteiger charge is 2.26. The molecule has 2 aromatic carbocycles. The van der Waals surface area contributed by atoms with E-state index in [9.17, 15) is 19.1 Å². The Morgan fingerprint density at radius 2 is 1.81 bits per heavy atom. The first kappa shape index (κ1) is 22.0. The summed E-state index contributed by atoms with van der Waals surface area (Å²) < 4.78 is 20.3. The molecule has 0 bridgehead atoms. The standard InChI is InChI=1S/C22H23FN4O4/c1-3-31-21(29)19-14(2)26-27(13-18(28)15-9-5-4-6-10-15)20(19)25-22(30)24-17-12-8-7-11-16(17)23/h4-12,18,28H,3,13H2,1-2H3,(H2,24,25,30). The van der Waals surface area contributed by atoms with Gasteiger partial charge in [0.25, 0.3) is 0 Å². The van der Waals surface area contributed by atoms with Crippen LogP contribution in [0.4, 0.5) is 20.7 Å². The van der Waals surface area contributed by atoms with E-state index in [1.165, 1.54) is 22.9 Å². The molecule has 0 aliphatic rings. The van der Waals surface area contributed by atoms with Crippen LogP contribution < -0.4 is 10.6 Å². The van der Waals surface area contributed by atoms with Crippen LogP contribution in [0.25, 0.3) is 0 Å². The van der Waals surface area contributed by atoms with Gasteiger partial charge in [-0.05, 0) is 31.5 Å². The van der Waals surface area contributed by atoms with Gasteiger partial charge in [0.1, 0.15) is 17.2 Å². The van der Waals surface area contributed by atoms with Gasteiger partial charge in [0.15, 0.2) is 0 Å². The number of amides is 2. The van der Waals surface area contributed by atoms with E-state index >= 15 is 0 Å². The molecule has 8 nitrogen and oxygen atoms in total. The predicted octanol–water partition coefficient (Wildman–Crippen LogP) is 3.88. The van der Waals surface area contributed by atoms with Gasteiger partial charge in [-0.25, -0.2) is 18.7 Å². The first-order chi connectivity index (χ1) is 14.9. The minimum Gasteiger partial charge on any atom is -0.462 e. The number of hydrogen-bond donors (Lipinski definition) is 3. The average molecular weight is 426 g/mol. The molecule has 2 amide bonds. The largest absolute Gasteiger partial charge is 0.462 e. The van der Waals surface area contributed by atoms with Crippen molar-refractivity contribution in [2.75, 3.05) is 17.2 Å². The molecule has 0 aliphatic carbocycles. The van der Waals surface area contributed by atoms with Crippen molar-refractivity contribution in [3.05, 3.63) is 77.2 Å². The summed E-state index contributed by atoms with van der Waals surface area (Å²) in [6, 6.07) is 13.8. The number of hydrogen-bond acceptors (Lipinski definition) is 5. The lowest BCUT2D eigenvalue weighted by Crippen LogP contribution is -2.24. The highest BCUT2D eigenvalue weighted by molar-refractivity contribution is 6.04. The van der Waals surface area contributed by atoms with Gasteiger partial charge in [0.05, 0.1) is 30.6 Å². The number of nitrogens with one attached hydrogen (secondary N) is 2. The van der Waals surface area contributed by atoms with Crippen molar-refractivity contribution in [1.29, 1.82) is 0 Å². The van der Waals surface area contributed by atoms with E-state index in [0.29, 0.717) is 11.3 Å². The lowest BCUT2D eigenvalue weighted by atomic mass is 10.1. The summed E-state index contributed by atoms with van der Waals surface area (Å²) in [5, 5.41) is 19.8. The summed E-state index contributed by atoms with van der Waals surface area (Å²) >= 11 is 0. The predicted molar refractivity (Wildman–Crippen MR) is 113 cm³/mol. The second kappa shape index (κ2) is 9.86. The highest BCUT2D eigenvalue weighted by Crippen LogP contribution is 2.25. The number of halogens is 1. The topological polar surface area (TPSA) is 105 Å². The van der Waals surface area contributed by atoms with Gasteiger partial charge < -0.3 is 15.2 Å². The minimum absolute atomic E-state index is 0.0233. The van der Waals surface area contributed by atoms with E-state index in [2.05, 4.69) is 15.7 Å². The quantitative estimate of drug-likeness (QED) is 0.497. The molecule has 0 saturated heterocycles. The Balaban J connectivity index is 1.90. The molecule has 31 heavy (non-hydrogen) atoms. The van der Waals surface area contributed by atoms with Gasteiger partial charge in [-0.2, -0.15) is 5.10 Å². The highest BCUT2D eigenvalue weighted by atomic mass is 19.1. The molecule has 3 N–H and O–H groups in total. The summed E-state index contributed by atoms with van der Waals surface area (Å²) in [5.74, 6) is -1.23. The van der Waals surface area contributed by atoms with Crippen molar-refractivity contribution in [3.8, 4) is 0 Å². The lowest BCUT2D eigenvalue weighted by Gasteiger charge is -2.15. The number of benzene rings is 2. The van der Waals surface area contributed by atoms with Gasteiger partial charge in [-0.15, -0.1) is 0 Å². The van der Waals surface area contributed by atoms with Crippen LogP contribution in [0.5, 0.6) is 0 Å². The number of ether oxygens (including phenoxy) is 1. The normalized spacial score (nSPS) is 11.6. The van der Waals surface area contributed by atoms with Crippen LogP contribution in [0, 0.1) is 12.7 Å². The number of anilines is 2. The van der Waals surface area contributed by atoms with Crippen LogP contribution in [0.1, 0.15) is 34.6 Å². The molecule has 1 heterocycles. The van der Waals surface area contributed by atoms with E-state index in [4.69, 9.17) is 4.74 Å². The van der Waals surface area contributed by atoms with Crippen molar-refractivity contribution >= 4 is 23.5 Å². The second-order valence-electron chi connectivity index (χ2n) is 6.70. The molecule has 0 spiro atoms. The van der Waals surface area contributed by atoms with E-state index < -0.39 is 23.9 Å². The second-order valence-corrected chi connectivity index (χ2v) is 6.70. The van der Waals surface area contributed by atoms with Gasteiger partial charge in [0.2, 0.25) is 0 Å². The first-order valence-corrected chi connectivity index (χ1v) is 9.70. The zero-order chi connectivity index (χ0) is 22.4. The number of rotatable bonds is 7. The molecule has 1 unspecified atom stereocenters. The number of aryl methyl sites for hydroxylation is 1. The van der Waals surface area contributed by atoms with Crippen molar-refractivity contribution < 1.29 is 23.8 Å². The fourth-order valence-corrected chi connectivity index (χ4v) is 3.06. The third-order valence-electron chi connectivity index (χ3n) is 4.49. The Morgan fingerprint density at radius 3 is 2.48 bits per heavy atom. The number of urea groups is 1. The molecular weight excluding hydrogens is 403 g/mol. The Labute approximate surface area is 178 Å². The van der Waals surface area contributed by atoms with Gasteiger partial charge in [-0.3, -0.25) is 5.32 Å². The molecule has 9 heteroatoms. The van der Waals surface area contributed by atoms with Crippen molar-refractivity contribution in [1.82, 2.24) is 9.78 Å². The SMILES string of the molecule is CCOC(=O)c1c(C)nn(CC(O)c2ccccc2)c1NC(=O)Nc1ccccc1F. The average Bonchev–Trinajstić information content (AvgIpc) is 3.05. The van der Waals surface area contributed by atoms with E-state index in [-0.39, 0.29) is 30.2 Å². The van der Waals surface area contributed by atoms with Crippen LogP contribution in [0.2, 0.25) is 0 Å². The molecule has 0 aliphatic heterocycles. The molecule has 3 rings (SSSR count). The number of aromatic nitrogens is 2. The number of para-hydroxylation sites is 1. The number of aliphatic hydroxyl groups excluding tert-OH is 1. The Morgan fingerprint density at radius 1 is 1.13 bits per heavy atom. The maximum Gasteiger partial charge on any atom is 0.343 e.